The van der Waals surface area contributed by atoms with Crippen molar-refractivity contribution < 1.29 is 0 Å². The first-order valence-electron chi connectivity index (χ1n) is 7.55. The highest BCUT2D eigenvalue weighted by Crippen LogP contribution is 2.23. The zero-order chi connectivity index (χ0) is 13.4. The van der Waals surface area contributed by atoms with Crippen molar-refractivity contribution >= 4 is 0 Å². The molecule has 102 valence electrons. The Morgan fingerprint density at radius 1 is 1.00 bits per heavy atom. The van der Waals surface area contributed by atoms with Gasteiger partial charge in [0.15, 0.2) is 0 Å². The molecule has 0 aliphatic carbocycles. The Morgan fingerprint density at radius 3 is 2.28 bits per heavy atom. The van der Waals surface area contributed by atoms with Crippen LogP contribution in [0.4, 0.5) is 0 Å². The lowest BCUT2D eigenvalue weighted by Crippen LogP contribution is -2.16. The Morgan fingerprint density at radius 2 is 1.72 bits per heavy atom. The van der Waals surface area contributed by atoms with Crippen LogP contribution in [0.2, 0.25) is 0 Å². The molecule has 0 heterocycles. The molecule has 0 fully saturated rings. The average Bonchev–Trinajstić information content (AvgIpc) is 2.43. The molecule has 0 aliphatic rings. The summed E-state index contributed by atoms with van der Waals surface area (Å²) in [7, 11) is 2.08. The zero-order valence-corrected chi connectivity index (χ0v) is 12.6. The predicted octanol–water partition coefficient (Wildman–Crippen LogP) is 4.65. The molecule has 0 aliphatic heterocycles. The van der Waals surface area contributed by atoms with Crippen molar-refractivity contribution in [1.82, 2.24) is 5.32 Å². The van der Waals surface area contributed by atoms with Crippen molar-refractivity contribution in [3.8, 4) is 0 Å². The first-order chi connectivity index (χ1) is 8.76. The largest absolute Gasteiger partial charge is 0.313 e. The first kappa shape index (κ1) is 15.2. The molecule has 0 radical (unpaired) electrons. The molecule has 1 N–H and O–H groups in total. The molecule has 1 aromatic rings. The molecule has 0 spiro atoms. The summed E-state index contributed by atoms with van der Waals surface area (Å²) in [5, 5.41) is 3.47. The molecule has 1 rings (SSSR count). The number of aryl methyl sites for hydroxylation is 2. The van der Waals surface area contributed by atoms with Gasteiger partial charge >= 0.3 is 0 Å². The van der Waals surface area contributed by atoms with E-state index in [0.717, 1.165) is 12.8 Å². The molecule has 0 aromatic heterocycles. The number of hydrogen-bond donors (Lipinski definition) is 1. The molecule has 0 bridgehead atoms. The molecule has 1 unspecified atom stereocenters. The average molecular weight is 247 g/mol. The van der Waals surface area contributed by atoms with Crippen LogP contribution in [-0.2, 0) is 12.8 Å². The Labute approximate surface area is 113 Å². The predicted molar refractivity (Wildman–Crippen MR) is 81.1 cm³/mol. The lowest BCUT2D eigenvalue weighted by atomic mass is 9.94. The molecule has 1 heteroatoms. The number of benzene rings is 1. The highest BCUT2D eigenvalue weighted by molar-refractivity contribution is 5.33. The van der Waals surface area contributed by atoms with E-state index in [9.17, 15) is 0 Å². The monoisotopic (exact) mass is 247 g/mol. The lowest BCUT2D eigenvalue weighted by Gasteiger charge is -2.18. The molecule has 0 saturated heterocycles. The Balaban J connectivity index is 2.79. The smallest absolute Gasteiger partial charge is 0.0317 e. The van der Waals surface area contributed by atoms with E-state index < -0.39 is 0 Å². The fraction of sp³-hybridized carbons (Fsp3) is 0.647. The number of unbranched alkanes of at least 4 members (excludes halogenated alkanes) is 2. The minimum atomic E-state index is 0.521. The van der Waals surface area contributed by atoms with Crippen LogP contribution in [-0.4, -0.2) is 7.05 Å². The van der Waals surface area contributed by atoms with Crippen LogP contribution < -0.4 is 5.32 Å². The fourth-order valence-corrected chi connectivity index (χ4v) is 2.61. The number of nitrogens with one attached hydrogen (secondary N) is 1. The van der Waals surface area contributed by atoms with Gasteiger partial charge in [-0.1, -0.05) is 58.2 Å². The van der Waals surface area contributed by atoms with E-state index in [-0.39, 0.29) is 0 Å². The fourth-order valence-electron chi connectivity index (χ4n) is 2.61. The molecule has 1 atom stereocenters. The summed E-state index contributed by atoms with van der Waals surface area (Å²) in [6, 6.07) is 7.56. The molecule has 1 nitrogen and oxygen atoms in total. The van der Waals surface area contributed by atoms with E-state index in [1.54, 1.807) is 0 Å². The van der Waals surface area contributed by atoms with Crippen LogP contribution in [0.3, 0.4) is 0 Å². The standard InChI is InChI=1S/C17H29N/c1-5-8-9-10-17(18-4)16-12-11-14(6-2)15(7-3)13-16/h11-13,17-18H,5-10H2,1-4H3. The van der Waals surface area contributed by atoms with Gasteiger partial charge in [-0.2, -0.15) is 0 Å². The van der Waals surface area contributed by atoms with E-state index in [1.807, 2.05) is 0 Å². The summed E-state index contributed by atoms with van der Waals surface area (Å²) >= 11 is 0. The Hall–Kier alpha value is -0.820. The second-order valence-corrected chi connectivity index (χ2v) is 5.07. The van der Waals surface area contributed by atoms with Crippen molar-refractivity contribution in [1.29, 1.82) is 0 Å². The quantitative estimate of drug-likeness (QED) is 0.659. The molecule has 0 saturated carbocycles. The molecule has 1 aromatic carbocycles. The minimum Gasteiger partial charge on any atom is -0.313 e. The Bertz CT molecular complexity index is 343. The van der Waals surface area contributed by atoms with Crippen LogP contribution in [0.1, 0.15) is 69.2 Å². The summed E-state index contributed by atoms with van der Waals surface area (Å²) < 4.78 is 0. The van der Waals surface area contributed by atoms with E-state index >= 15 is 0 Å². The van der Waals surface area contributed by atoms with Gasteiger partial charge in [-0.25, -0.2) is 0 Å². The van der Waals surface area contributed by atoms with Gasteiger partial charge in [-0.05, 0) is 43.0 Å². The van der Waals surface area contributed by atoms with Crippen molar-refractivity contribution in [3.05, 3.63) is 34.9 Å². The maximum absolute atomic E-state index is 3.47. The summed E-state index contributed by atoms with van der Waals surface area (Å²) in [5.41, 5.74) is 4.48. The minimum absolute atomic E-state index is 0.521. The molecule has 18 heavy (non-hydrogen) atoms. The molecular formula is C17H29N. The van der Waals surface area contributed by atoms with E-state index in [4.69, 9.17) is 0 Å². The van der Waals surface area contributed by atoms with Gasteiger partial charge < -0.3 is 5.32 Å². The Kier molecular flexibility index (Phi) is 7.04. The van der Waals surface area contributed by atoms with Crippen LogP contribution in [0, 0.1) is 0 Å². The third kappa shape index (κ3) is 4.13. The first-order valence-corrected chi connectivity index (χ1v) is 7.55. The van der Waals surface area contributed by atoms with E-state index in [0.29, 0.717) is 6.04 Å². The van der Waals surface area contributed by atoms with E-state index in [2.05, 4.69) is 51.3 Å². The topological polar surface area (TPSA) is 12.0 Å². The van der Waals surface area contributed by atoms with Crippen molar-refractivity contribution in [2.75, 3.05) is 7.05 Å². The summed E-state index contributed by atoms with van der Waals surface area (Å²) in [4.78, 5) is 0. The SMILES string of the molecule is CCCCCC(NC)c1ccc(CC)c(CC)c1. The van der Waals surface area contributed by atoms with Gasteiger partial charge in [0, 0.05) is 6.04 Å². The van der Waals surface area contributed by atoms with Gasteiger partial charge in [0.2, 0.25) is 0 Å². The van der Waals surface area contributed by atoms with E-state index in [1.165, 1.54) is 42.4 Å². The summed E-state index contributed by atoms with van der Waals surface area (Å²) in [6.07, 6.45) is 7.49. The number of rotatable bonds is 8. The maximum Gasteiger partial charge on any atom is 0.0317 e. The highest BCUT2D eigenvalue weighted by Gasteiger charge is 2.10. The van der Waals surface area contributed by atoms with Crippen LogP contribution in [0.5, 0.6) is 0 Å². The maximum atomic E-state index is 3.47. The van der Waals surface area contributed by atoms with Gasteiger partial charge in [-0.15, -0.1) is 0 Å². The van der Waals surface area contributed by atoms with Gasteiger partial charge in [0.25, 0.3) is 0 Å². The second kappa shape index (κ2) is 8.31. The third-order valence-corrected chi connectivity index (χ3v) is 3.84. The highest BCUT2D eigenvalue weighted by atomic mass is 14.9. The molecule has 0 amide bonds. The summed E-state index contributed by atoms with van der Waals surface area (Å²) in [6.45, 7) is 6.76. The second-order valence-electron chi connectivity index (χ2n) is 5.07. The normalized spacial score (nSPS) is 12.7. The molecular weight excluding hydrogens is 218 g/mol. The summed E-state index contributed by atoms with van der Waals surface area (Å²) in [5.74, 6) is 0. The number of hydrogen-bond acceptors (Lipinski definition) is 1. The van der Waals surface area contributed by atoms with Crippen molar-refractivity contribution in [2.24, 2.45) is 0 Å². The van der Waals surface area contributed by atoms with Crippen LogP contribution >= 0.6 is 0 Å². The lowest BCUT2D eigenvalue weighted by molar-refractivity contribution is 0.511. The van der Waals surface area contributed by atoms with Crippen molar-refractivity contribution in [3.63, 3.8) is 0 Å². The van der Waals surface area contributed by atoms with Crippen LogP contribution in [0.25, 0.3) is 0 Å². The zero-order valence-electron chi connectivity index (χ0n) is 12.6. The van der Waals surface area contributed by atoms with Crippen LogP contribution in [0.15, 0.2) is 18.2 Å². The third-order valence-electron chi connectivity index (χ3n) is 3.84. The van der Waals surface area contributed by atoms with Gasteiger partial charge in [-0.3, -0.25) is 0 Å². The van der Waals surface area contributed by atoms with Crippen molar-refractivity contribution in [2.45, 2.75) is 65.3 Å². The van der Waals surface area contributed by atoms with Gasteiger partial charge in [0.05, 0.1) is 0 Å². The van der Waals surface area contributed by atoms with Gasteiger partial charge in [0.1, 0.15) is 0 Å².